The van der Waals surface area contributed by atoms with E-state index in [1.54, 1.807) is 28.9 Å². The fourth-order valence-corrected chi connectivity index (χ4v) is 4.32. The lowest BCUT2D eigenvalue weighted by molar-refractivity contribution is 0.102. The van der Waals surface area contributed by atoms with E-state index in [1.807, 2.05) is 26.8 Å². The molecular weight excluding hydrogens is 452 g/mol. The highest BCUT2D eigenvalue weighted by Crippen LogP contribution is 2.29. The Labute approximate surface area is 201 Å². The molecule has 1 aromatic heterocycles. The van der Waals surface area contributed by atoms with Crippen LogP contribution in [0.3, 0.4) is 0 Å². The molecule has 9 heteroatoms. The summed E-state index contributed by atoms with van der Waals surface area (Å²) >= 11 is 0. The summed E-state index contributed by atoms with van der Waals surface area (Å²) in [6, 6.07) is 14.4. The monoisotopic (exact) mass is 484 g/mol. The topological polar surface area (TPSA) is 102 Å². The quantitative estimate of drug-likeness (QED) is 0.513. The molecule has 34 heavy (non-hydrogen) atoms. The van der Waals surface area contributed by atoms with Crippen LogP contribution in [0.5, 0.6) is 5.75 Å². The van der Waals surface area contributed by atoms with Crippen molar-refractivity contribution in [2.24, 2.45) is 0 Å². The van der Waals surface area contributed by atoms with E-state index >= 15 is 0 Å². The smallest absolute Gasteiger partial charge is 0.262 e. The van der Waals surface area contributed by atoms with E-state index in [0.29, 0.717) is 22.8 Å². The molecule has 2 N–H and O–H groups in total. The Hall–Kier alpha value is -3.33. The van der Waals surface area contributed by atoms with Crippen LogP contribution < -0.4 is 14.8 Å². The minimum absolute atomic E-state index is 0.0321. The number of rotatable bonds is 6. The number of nitrogens with zero attached hydrogens (tertiary/aromatic N) is 2. The number of ether oxygens (including phenoxy) is 1. The van der Waals surface area contributed by atoms with Gasteiger partial charge in [0.25, 0.3) is 15.9 Å². The number of hydrogen-bond acceptors (Lipinski definition) is 5. The van der Waals surface area contributed by atoms with Crippen molar-refractivity contribution < 1.29 is 17.9 Å². The predicted molar refractivity (Wildman–Crippen MR) is 134 cm³/mol. The molecule has 0 radical (unpaired) electrons. The molecule has 3 rings (SSSR count). The summed E-state index contributed by atoms with van der Waals surface area (Å²) in [6.07, 6.45) is 0. The van der Waals surface area contributed by atoms with E-state index in [2.05, 4.69) is 30.8 Å². The zero-order valence-electron chi connectivity index (χ0n) is 20.6. The number of sulfonamides is 1. The van der Waals surface area contributed by atoms with Crippen molar-refractivity contribution in [3.63, 3.8) is 0 Å². The Bertz CT molecular complexity index is 1280. The van der Waals surface area contributed by atoms with Gasteiger partial charge in [0.05, 0.1) is 28.9 Å². The fraction of sp³-hybridized carbons (Fsp3) is 0.360. The summed E-state index contributed by atoms with van der Waals surface area (Å²) in [5.74, 6) is 0.636. The number of aromatic nitrogens is 2. The number of carbonyl (C=O) groups is 1. The average Bonchev–Trinajstić information content (AvgIpc) is 3.19. The molecule has 0 spiro atoms. The molecule has 0 unspecified atom stereocenters. The number of benzene rings is 2. The first-order chi connectivity index (χ1) is 15.7. The summed E-state index contributed by atoms with van der Waals surface area (Å²) in [6.45, 7) is 12.2. The zero-order chi connectivity index (χ0) is 25.3. The van der Waals surface area contributed by atoms with Crippen LogP contribution in [0.1, 0.15) is 57.6 Å². The molecule has 0 aliphatic rings. The third kappa shape index (κ3) is 5.59. The van der Waals surface area contributed by atoms with E-state index in [-0.39, 0.29) is 21.8 Å². The molecule has 1 heterocycles. The average molecular weight is 485 g/mol. The first-order valence-corrected chi connectivity index (χ1v) is 12.4. The molecule has 8 nitrogen and oxygen atoms in total. The fourth-order valence-electron chi connectivity index (χ4n) is 3.25. The van der Waals surface area contributed by atoms with Gasteiger partial charge in [-0.15, -0.1) is 0 Å². The number of para-hydroxylation sites is 2. The molecule has 0 atom stereocenters. The lowest BCUT2D eigenvalue weighted by Gasteiger charge is -2.23. The Balaban J connectivity index is 1.83. The van der Waals surface area contributed by atoms with Gasteiger partial charge in [-0.25, -0.2) is 13.1 Å². The summed E-state index contributed by atoms with van der Waals surface area (Å²) in [5, 5.41) is 7.62. The number of nitrogens with one attached hydrogen (secondary N) is 2. The number of amides is 1. The van der Waals surface area contributed by atoms with Gasteiger partial charge in [0.15, 0.2) is 0 Å². The molecule has 2 aromatic carbocycles. The first kappa shape index (κ1) is 25.3. The van der Waals surface area contributed by atoms with E-state index in [1.165, 1.54) is 31.4 Å². The van der Waals surface area contributed by atoms with Crippen LogP contribution in [0.2, 0.25) is 0 Å². The van der Waals surface area contributed by atoms with Gasteiger partial charge >= 0.3 is 0 Å². The summed E-state index contributed by atoms with van der Waals surface area (Å²) in [4.78, 5) is 13.0. The second-order valence-electron chi connectivity index (χ2n) is 10.0. The van der Waals surface area contributed by atoms with Crippen LogP contribution in [-0.4, -0.2) is 31.2 Å². The van der Waals surface area contributed by atoms with Crippen molar-refractivity contribution in [2.75, 3.05) is 17.1 Å². The Morgan fingerprint density at radius 3 is 2.15 bits per heavy atom. The second-order valence-corrected chi connectivity index (χ2v) is 11.7. The summed E-state index contributed by atoms with van der Waals surface area (Å²) in [7, 11) is -2.39. The highest BCUT2D eigenvalue weighted by Gasteiger charge is 2.26. The molecule has 0 fully saturated rings. The van der Waals surface area contributed by atoms with E-state index in [4.69, 9.17) is 9.84 Å². The Kier molecular flexibility index (Phi) is 6.80. The normalized spacial score (nSPS) is 12.3. The molecule has 3 aromatic rings. The predicted octanol–water partition coefficient (Wildman–Crippen LogP) is 5.00. The zero-order valence-corrected chi connectivity index (χ0v) is 21.4. The highest BCUT2D eigenvalue weighted by molar-refractivity contribution is 7.92. The standard InChI is InChI=1S/C25H32N4O4S/c1-24(2,3)21-16-22(29(27-21)25(4,5)6)26-23(30)17-12-14-18(15-13-17)34(31,32)28-19-10-8-9-11-20(19)33-7/h8-16,28H,1-7H3,(H,26,30). The minimum Gasteiger partial charge on any atom is -0.495 e. The SMILES string of the molecule is COc1ccccc1NS(=O)(=O)c1ccc(C(=O)Nc2cc(C(C)(C)C)nn2C(C)(C)C)cc1. The van der Waals surface area contributed by atoms with Crippen LogP contribution in [0.25, 0.3) is 0 Å². The molecule has 182 valence electrons. The van der Waals surface area contributed by atoms with E-state index < -0.39 is 10.0 Å². The maximum absolute atomic E-state index is 13.0. The van der Waals surface area contributed by atoms with Gasteiger partial charge in [-0.05, 0) is 57.2 Å². The highest BCUT2D eigenvalue weighted by atomic mass is 32.2. The number of carbonyl (C=O) groups excluding carboxylic acids is 1. The van der Waals surface area contributed by atoms with Gasteiger partial charge < -0.3 is 10.1 Å². The first-order valence-electron chi connectivity index (χ1n) is 10.9. The molecule has 0 aliphatic carbocycles. The lowest BCUT2D eigenvalue weighted by Crippen LogP contribution is -2.27. The van der Waals surface area contributed by atoms with Crippen molar-refractivity contribution >= 4 is 27.4 Å². The van der Waals surface area contributed by atoms with Gasteiger partial charge in [-0.2, -0.15) is 5.10 Å². The van der Waals surface area contributed by atoms with Crippen LogP contribution in [-0.2, 0) is 21.0 Å². The van der Waals surface area contributed by atoms with Gasteiger partial charge in [-0.3, -0.25) is 9.52 Å². The summed E-state index contributed by atoms with van der Waals surface area (Å²) in [5.41, 5.74) is 1.00. The van der Waals surface area contributed by atoms with E-state index in [9.17, 15) is 13.2 Å². The third-order valence-electron chi connectivity index (χ3n) is 5.13. The number of hydrogen-bond donors (Lipinski definition) is 2. The van der Waals surface area contributed by atoms with Crippen LogP contribution in [0, 0.1) is 0 Å². The Morgan fingerprint density at radius 1 is 0.971 bits per heavy atom. The lowest BCUT2D eigenvalue weighted by atomic mass is 9.92. The van der Waals surface area contributed by atoms with Gasteiger partial charge in [0, 0.05) is 17.0 Å². The maximum Gasteiger partial charge on any atom is 0.262 e. The largest absolute Gasteiger partial charge is 0.495 e. The second kappa shape index (κ2) is 9.13. The van der Waals surface area contributed by atoms with Gasteiger partial charge in [-0.1, -0.05) is 32.9 Å². The molecule has 0 saturated heterocycles. The van der Waals surface area contributed by atoms with Crippen molar-refractivity contribution in [3.05, 3.63) is 65.9 Å². The maximum atomic E-state index is 13.0. The van der Waals surface area contributed by atoms with E-state index in [0.717, 1.165) is 5.69 Å². The van der Waals surface area contributed by atoms with Crippen molar-refractivity contribution in [1.82, 2.24) is 9.78 Å². The van der Waals surface area contributed by atoms with Crippen molar-refractivity contribution in [3.8, 4) is 5.75 Å². The van der Waals surface area contributed by atoms with Crippen molar-refractivity contribution in [1.29, 1.82) is 0 Å². The van der Waals surface area contributed by atoms with Crippen molar-refractivity contribution in [2.45, 2.75) is 57.4 Å². The molecular formula is C25H32N4O4S. The Morgan fingerprint density at radius 2 is 1.59 bits per heavy atom. The molecule has 0 bridgehead atoms. The minimum atomic E-state index is -3.86. The summed E-state index contributed by atoms with van der Waals surface area (Å²) < 4.78 is 35.1. The number of methoxy groups -OCH3 is 1. The van der Waals surface area contributed by atoms with Crippen LogP contribution >= 0.6 is 0 Å². The molecule has 0 saturated carbocycles. The third-order valence-corrected chi connectivity index (χ3v) is 6.51. The number of anilines is 2. The van der Waals surface area contributed by atoms with Gasteiger partial charge in [0.2, 0.25) is 0 Å². The molecule has 1 amide bonds. The van der Waals surface area contributed by atoms with Crippen LogP contribution in [0.4, 0.5) is 11.5 Å². The molecule has 0 aliphatic heterocycles. The van der Waals surface area contributed by atoms with Crippen LogP contribution in [0.15, 0.2) is 59.5 Å². The van der Waals surface area contributed by atoms with Gasteiger partial charge in [0.1, 0.15) is 11.6 Å².